The van der Waals surface area contributed by atoms with E-state index in [4.69, 9.17) is 10.5 Å². The Balaban J connectivity index is 2.07. The van der Waals surface area contributed by atoms with E-state index < -0.39 is 0 Å². The summed E-state index contributed by atoms with van der Waals surface area (Å²) in [5.74, 6) is 2.13. The monoisotopic (exact) mass is 229 g/mol. The summed E-state index contributed by atoms with van der Waals surface area (Å²) in [7, 11) is 0. The van der Waals surface area contributed by atoms with Gasteiger partial charge in [-0.15, -0.1) is 11.3 Å². The van der Waals surface area contributed by atoms with E-state index in [1.54, 1.807) is 11.3 Å². The van der Waals surface area contributed by atoms with Gasteiger partial charge in [0.25, 0.3) is 0 Å². The van der Waals surface area contributed by atoms with Crippen molar-refractivity contribution in [3.63, 3.8) is 0 Å². The van der Waals surface area contributed by atoms with Crippen molar-refractivity contribution in [2.24, 2.45) is 5.73 Å². The number of thioether (sulfide) groups is 1. The van der Waals surface area contributed by atoms with Gasteiger partial charge in [-0.3, -0.25) is 0 Å². The van der Waals surface area contributed by atoms with Gasteiger partial charge in [-0.2, -0.15) is 11.8 Å². The summed E-state index contributed by atoms with van der Waals surface area (Å²) in [5, 5.41) is 2.10. The first-order valence-electron chi connectivity index (χ1n) is 4.78. The molecule has 0 aromatic carbocycles. The average molecular weight is 229 g/mol. The molecule has 0 saturated carbocycles. The lowest BCUT2D eigenvalue weighted by atomic mass is 10.0. The lowest BCUT2D eigenvalue weighted by molar-refractivity contribution is 0.0569. The minimum atomic E-state index is 0.0500. The van der Waals surface area contributed by atoms with Crippen LogP contribution in [0.1, 0.15) is 16.5 Å². The first-order valence-corrected chi connectivity index (χ1v) is 6.81. The number of ether oxygens (including phenoxy) is 1. The van der Waals surface area contributed by atoms with Crippen molar-refractivity contribution in [2.75, 3.05) is 18.1 Å². The highest BCUT2D eigenvalue weighted by atomic mass is 32.2. The maximum atomic E-state index is 6.18. The van der Waals surface area contributed by atoms with Crippen molar-refractivity contribution >= 4 is 23.1 Å². The first kappa shape index (κ1) is 10.5. The smallest absolute Gasteiger partial charge is 0.0858 e. The molecular weight excluding hydrogens is 214 g/mol. The van der Waals surface area contributed by atoms with Gasteiger partial charge in [-0.25, -0.2) is 0 Å². The Morgan fingerprint density at radius 3 is 3.07 bits per heavy atom. The second-order valence-electron chi connectivity index (χ2n) is 3.44. The summed E-state index contributed by atoms with van der Waals surface area (Å²) in [4.78, 5) is 1.32. The highest BCUT2D eigenvalue weighted by molar-refractivity contribution is 7.99. The summed E-state index contributed by atoms with van der Waals surface area (Å²) < 4.78 is 5.68. The highest BCUT2D eigenvalue weighted by Crippen LogP contribution is 2.28. The fourth-order valence-electron chi connectivity index (χ4n) is 1.65. The van der Waals surface area contributed by atoms with Crippen LogP contribution in [-0.4, -0.2) is 24.2 Å². The molecule has 0 spiro atoms. The molecule has 1 aromatic rings. The molecule has 2 atom stereocenters. The van der Waals surface area contributed by atoms with Gasteiger partial charge >= 0.3 is 0 Å². The molecule has 2 unspecified atom stereocenters. The summed E-state index contributed by atoms with van der Waals surface area (Å²) in [6, 6.07) is 2.17. The fourth-order valence-corrected chi connectivity index (χ4v) is 3.33. The van der Waals surface area contributed by atoms with Crippen molar-refractivity contribution in [3.05, 3.63) is 21.9 Å². The molecule has 1 aliphatic rings. The number of hydrogen-bond donors (Lipinski definition) is 1. The van der Waals surface area contributed by atoms with E-state index in [0.29, 0.717) is 0 Å². The third-order valence-corrected chi connectivity index (χ3v) is 4.38. The zero-order chi connectivity index (χ0) is 9.97. The van der Waals surface area contributed by atoms with Crippen LogP contribution in [0.4, 0.5) is 0 Å². The quantitative estimate of drug-likeness (QED) is 0.844. The van der Waals surface area contributed by atoms with Crippen molar-refractivity contribution in [3.8, 4) is 0 Å². The van der Waals surface area contributed by atoms with Crippen LogP contribution in [-0.2, 0) is 4.74 Å². The SMILES string of the molecule is Cc1sccc1C(N)C1CSCCO1. The Kier molecular flexibility index (Phi) is 3.49. The third-order valence-electron chi connectivity index (χ3n) is 2.50. The second-order valence-corrected chi connectivity index (χ2v) is 5.71. The molecular formula is C10H15NOS2. The molecule has 0 radical (unpaired) electrons. The van der Waals surface area contributed by atoms with Crippen molar-refractivity contribution < 1.29 is 4.74 Å². The van der Waals surface area contributed by atoms with Gasteiger partial charge in [0, 0.05) is 16.4 Å². The molecule has 1 saturated heterocycles. The molecule has 4 heteroatoms. The van der Waals surface area contributed by atoms with Crippen LogP contribution in [0.25, 0.3) is 0 Å². The van der Waals surface area contributed by atoms with Gasteiger partial charge in [0.05, 0.1) is 18.8 Å². The lowest BCUT2D eigenvalue weighted by Gasteiger charge is -2.27. The Morgan fingerprint density at radius 2 is 2.50 bits per heavy atom. The topological polar surface area (TPSA) is 35.2 Å². The van der Waals surface area contributed by atoms with E-state index in [-0.39, 0.29) is 12.1 Å². The molecule has 2 heterocycles. The number of aryl methyl sites for hydroxylation is 1. The molecule has 0 bridgehead atoms. The molecule has 1 aliphatic heterocycles. The van der Waals surface area contributed by atoms with Gasteiger partial charge < -0.3 is 10.5 Å². The summed E-state index contributed by atoms with van der Waals surface area (Å²) in [6.45, 7) is 2.96. The van der Waals surface area contributed by atoms with Crippen molar-refractivity contribution in [1.82, 2.24) is 0 Å². The van der Waals surface area contributed by atoms with E-state index in [0.717, 1.165) is 18.1 Å². The zero-order valence-electron chi connectivity index (χ0n) is 8.23. The summed E-state index contributed by atoms with van der Waals surface area (Å²) in [6.07, 6.45) is 0.196. The molecule has 78 valence electrons. The Bertz CT molecular complexity index is 294. The van der Waals surface area contributed by atoms with Crippen LogP contribution < -0.4 is 5.73 Å². The van der Waals surface area contributed by atoms with Crippen LogP contribution in [0, 0.1) is 6.92 Å². The number of nitrogens with two attached hydrogens (primary N) is 1. The average Bonchev–Trinajstić information content (AvgIpc) is 2.65. The van der Waals surface area contributed by atoms with Crippen LogP contribution in [0.15, 0.2) is 11.4 Å². The van der Waals surface area contributed by atoms with E-state index >= 15 is 0 Å². The van der Waals surface area contributed by atoms with Gasteiger partial charge in [0.2, 0.25) is 0 Å². The second kappa shape index (κ2) is 4.66. The fraction of sp³-hybridized carbons (Fsp3) is 0.600. The van der Waals surface area contributed by atoms with E-state index in [2.05, 4.69) is 18.4 Å². The Labute approximate surface area is 92.8 Å². The van der Waals surface area contributed by atoms with Crippen LogP contribution in [0.2, 0.25) is 0 Å². The maximum Gasteiger partial charge on any atom is 0.0858 e. The van der Waals surface area contributed by atoms with Crippen LogP contribution in [0.5, 0.6) is 0 Å². The highest BCUT2D eigenvalue weighted by Gasteiger charge is 2.24. The normalized spacial score (nSPS) is 24.9. The van der Waals surface area contributed by atoms with E-state index in [1.807, 2.05) is 11.8 Å². The molecule has 2 N–H and O–H groups in total. The van der Waals surface area contributed by atoms with E-state index in [1.165, 1.54) is 10.4 Å². The lowest BCUT2D eigenvalue weighted by Crippen LogP contribution is -2.34. The van der Waals surface area contributed by atoms with Crippen LogP contribution >= 0.6 is 23.1 Å². The number of rotatable bonds is 2. The van der Waals surface area contributed by atoms with Crippen LogP contribution in [0.3, 0.4) is 0 Å². The summed E-state index contributed by atoms with van der Waals surface area (Å²) >= 11 is 3.69. The molecule has 0 aliphatic carbocycles. The molecule has 2 rings (SSSR count). The molecule has 14 heavy (non-hydrogen) atoms. The first-order chi connectivity index (χ1) is 6.79. The van der Waals surface area contributed by atoms with Crippen molar-refractivity contribution in [2.45, 2.75) is 19.1 Å². The third kappa shape index (κ3) is 2.14. The van der Waals surface area contributed by atoms with Crippen molar-refractivity contribution in [1.29, 1.82) is 0 Å². The Morgan fingerprint density at radius 1 is 1.64 bits per heavy atom. The number of hydrogen-bond acceptors (Lipinski definition) is 4. The molecule has 0 amide bonds. The number of thiophene rings is 1. The molecule has 1 fully saturated rings. The standard InChI is InChI=1S/C10H15NOS2/c1-7-8(2-4-14-7)10(11)9-6-13-5-3-12-9/h2,4,9-10H,3,5-6,11H2,1H3. The van der Waals surface area contributed by atoms with Gasteiger partial charge in [-0.05, 0) is 23.9 Å². The summed E-state index contributed by atoms with van der Waals surface area (Å²) in [5.41, 5.74) is 7.44. The van der Waals surface area contributed by atoms with Gasteiger partial charge in [0.15, 0.2) is 0 Å². The minimum Gasteiger partial charge on any atom is -0.375 e. The predicted molar refractivity (Wildman–Crippen MR) is 63.0 cm³/mol. The molecule has 2 nitrogen and oxygen atoms in total. The zero-order valence-corrected chi connectivity index (χ0v) is 9.87. The maximum absolute atomic E-state index is 6.18. The van der Waals surface area contributed by atoms with Gasteiger partial charge in [0.1, 0.15) is 0 Å². The van der Waals surface area contributed by atoms with E-state index in [9.17, 15) is 0 Å². The molecule has 1 aromatic heterocycles. The predicted octanol–water partition coefficient (Wildman–Crippen LogP) is 2.19. The largest absolute Gasteiger partial charge is 0.375 e. The Hall–Kier alpha value is -0.0300. The van der Waals surface area contributed by atoms with Gasteiger partial charge in [-0.1, -0.05) is 0 Å². The minimum absolute atomic E-state index is 0.0500.